The fraction of sp³-hybridized carbons (Fsp3) is 0.700. The summed E-state index contributed by atoms with van der Waals surface area (Å²) in [7, 11) is 1.68. The maximum Gasteiger partial charge on any atom is 0.332 e. The van der Waals surface area contributed by atoms with E-state index in [1.165, 1.54) is 9.13 Å². The van der Waals surface area contributed by atoms with Crippen molar-refractivity contribution in [3.05, 3.63) is 20.8 Å². The summed E-state index contributed by atoms with van der Waals surface area (Å²) in [5, 5.41) is 6.73. The number of hydrazone groups is 1. The van der Waals surface area contributed by atoms with Gasteiger partial charge in [0.1, 0.15) is 0 Å². The van der Waals surface area contributed by atoms with E-state index >= 15 is 0 Å². The van der Waals surface area contributed by atoms with E-state index in [-0.39, 0.29) is 22.6 Å². The normalized spacial score (nSPS) is 14.9. The Morgan fingerprint density at radius 1 is 1.04 bits per heavy atom. The first-order chi connectivity index (χ1) is 12.9. The summed E-state index contributed by atoms with van der Waals surface area (Å²) in [5.41, 5.74) is 1.15. The molecule has 0 radical (unpaired) electrons. The summed E-state index contributed by atoms with van der Waals surface area (Å²) in [6.45, 7) is 16.2. The molecular formula is C20H32N6O2. The number of hydrogen-bond donors (Lipinski definition) is 0. The first-order valence-corrected chi connectivity index (χ1v) is 9.97. The number of rotatable bonds is 4. The lowest BCUT2D eigenvalue weighted by atomic mass is 9.89. The van der Waals surface area contributed by atoms with Crippen LogP contribution in [0.2, 0.25) is 0 Å². The van der Waals surface area contributed by atoms with Gasteiger partial charge < -0.3 is 0 Å². The number of fused-ring (bicyclic) bond motifs is 3. The lowest BCUT2D eigenvalue weighted by Crippen LogP contribution is -2.41. The molecule has 3 rings (SSSR count). The fourth-order valence-electron chi connectivity index (χ4n) is 3.46. The highest BCUT2D eigenvalue weighted by Gasteiger charge is 2.32. The van der Waals surface area contributed by atoms with Crippen molar-refractivity contribution >= 4 is 22.8 Å². The minimum Gasteiger partial charge on any atom is -0.297 e. The predicted octanol–water partition coefficient (Wildman–Crippen LogP) is 2.43. The average molecular weight is 389 g/mol. The van der Waals surface area contributed by atoms with Crippen LogP contribution in [-0.4, -0.2) is 30.9 Å². The smallest absolute Gasteiger partial charge is 0.297 e. The minimum absolute atomic E-state index is 0.138. The third-order valence-electron chi connectivity index (χ3n) is 4.94. The Bertz CT molecular complexity index is 1050. The van der Waals surface area contributed by atoms with Crippen molar-refractivity contribution in [2.75, 3.05) is 11.6 Å². The topological polar surface area (TPSA) is 77.4 Å². The molecule has 1 aliphatic rings. The third-order valence-corrected chi connectivity index (χ3v) is 4.94. The molecule has 0 aromatic carbocycles. The first-order valence-electron chi connectivity index (χ1n) is 9.97. The van der Waals surface area contributed by atoms with Gasteiger partial charge in [-0.25, -0.2) is 9.80 Å². The minimum atomic E-state index is -0.325. The summed E-state index contributed by atoms with van der Waals surface area (Å²) < 4.78 is 4.75. The molecule has 0 spiro atoms. The molecule has 0 atom stereocenters. The van der Waals surface area contributed by atoms with Crippen molar-refractivity contribution in [1.29, 1.82) is 0 Å². The van der Waals surface area contributed by atoms with Crippen LogP contribution in [0.3, 0.4) is 0 Å². The average Bonchev–Trinajstić information content (AvgIpc) is 2.95. The molecule has 2 aromatic rings. The van der Waals surface area contributed by atoms with Gasteiger partial charge in [-0.05, 0) is 11.8 Å². The van der Waals surface area contributed by atoms with Crippen LogP contribution in [0.25, 0.3) is 11.2 Å². The second-order valence-electron chi connectivity index (χ2n) is 9.59. The van der Waals surface area contributed by atoms with Crippen molar-refractivity contribution in [2.24, 2.45) is 29.4 Å². The van der Waals surface area contributed by atoms with Crippen LogP contribution in [0.1, 0.15) is 48.5 Å². The molecule has 2 aromatic heterocycles. The predicted molar refractivity (Wildman–Crippen MR) is 113 cm³/mol. The van der Waals surface area contributed by atoms with E-state index in [9.17, 15) is 9.59 Å². The van der Waals surface area contributed by atoms with Crippen LogP contribution in [0.15, 0.2) is 14.7 Å². The van der Waals surface area contributed by atoms with Gasteiger partial charge in [-0.1, -0.05) is 48.5 Å². The fourth-order valence-corrected chi connectivity index (χ4v) is 3.46. The maximum absolute atomic E-state index is 13.3. The molecular weight excluding hydrogens is 356 g/mol. The van der Waals surface area contributed by atoms with E-state index in [2.05, 4.69) is 39.6 Å². The quantitative estimate of drug-likeness (QED) is 0.806. The Balaban J connectivity index is 2.32. The number of aromatic nitrogens is 4. The summed E-state index contributed by atoms with van der Waals surface area (Å²) in [6.07, 6.45) is 0. The maximum atomic E-state index is 13.3. The highest BCUT2D eigenvalue weighted by molar-refractivity contribution is 5.93. The molecule has 0 unspecified atom stereocenters. The van der Waals surface area contributed by atoms with Gasteiger partial charge in [-0.15, -0.1) is 0 Å². The molecule has 0 bridgehead atoms. The third kappa shape index (κ3) is 3.40. The Labute approximate surface area is 165 Å². The standard InChI is InChI=1S/C20H32N6O2/c1-12(2)9-25-17(27)15-16(23(8)19(25)28)21-18-24(15)11-14(20(5,6)7)22-26(18)10-13(3)4/h12-13H,9-11H2,1-8H3. The summed E-state index contributed by atoms with van der Waals surface area (Å²) in [6, 6.07) is 0. The molecule has 3 heterocycles. The van der Waals surface area contributed by atoms with Gasteiger partial charge in [0.25, 0.3) is 5.56 Å². The van der Waals surface area contributed by atoms with Crippen molar-refractivity contribution in [3.8, 4) is 0 Å². The van der Waals surface area contributed by atoms with Crippen LogP contribution < -0.4 is 16.3 Å². The van der Waals surface area contributed by atoms with Gasteiger partial charge in [0.2, 0.25) is 5.95 Å². The zero-order valence-electron chi connectivity index (χ0n) is 18.3. The Kier molecular flexibility index (Phi) is 5.02. The van der Waals surface area contributed by atoms with E-state index < -0.39 is 0 Å². The molecule has 0 aliphatic carbocycles. The Morgan fingerprint density at radius 2 is 1.64 bits per heavy atom. The second-order valence-corrected chi connectivity index (χ2v) is 9.59. The zero-order valence-corrected chi connectivity index (χ0v) is 18.3. The molecule has 0 saturated heterocycles. The lowest BCUT2D eigenvalue weighted by molar-refractivity contribution is 0.483. The molecule has 28 heavy (non-hydrogen) atoms. The zero-order chi connectivity index (χ0) is 21.0. The molecule has 154 valence electrons. The van der Waals surface area contributed by atoms with Gasteiger partial charge in [0, 0.05) is 25.6 Å². The summed E-state index contributed by atoms with van der Waals surface area (Å²) in [5.74, 6) is 1.19. The molecule has 0 fully saturated rings. The van der Waals surface area contributed by atoms with Gasteiger partial charge in [-0.2, -0.15) is 10.1 Å². The number of nitrogens with zero attached hydrogens (tertiary/aromatic N) is 6. The van der Waals surface area contributed by atoms with Crippen LogP contribution >= 0.6 is 0 Å². The monoisotopic (exact) mass is 388 g/mol. The van der Waals surface area contributed by atoms with Gasteiger partial charge >= 0.3 is 5.69 Å². The molecule has 0 amide bonds. The van der Waals surface area contributed by atoms with Crippen molar-refractivity contribution in [1.82, 2.24) is 18.7 Å². The van der Waals surface area contributed by atoms with Crippen molar-refractivity contribution < 1.29 is 0 Å². The number of imidazole rings is 1. The number of hydrogen-bond acceptors (Lipinski definition) is 5. The van der Waals surface area contributed by atoms with Gasteiger partial charge in [0.05, 0.1) is 12.3 Å². The second kappa shape index (κ2) is 6.90. The van der Waals surface area contributed by atoms with Gasteiger partial charge in [0.15, 0.2) is 11.2 Å². The highest BCUT2D eigenvalue weighted by atomic mass is 16.2. The van der Waals surface area contributed by atoms with Crippen LogP contribution in [0, 0.1) is 17.3 Å². The lowest BCUT2D eigenvalue weighted by Gasteiger charge is -2.32. The van der Waals surface area contributed by atoms with E-state index in [1.54, 1.807) is 7.05 Å². The van der Waals surface area contributed by atoms with Crippen molar-refractivity contribution in [3.63, 3.8) is 0 Å². The summed E-state index contributed by atoms with van der Waals surface area (Å²) in [4.78, 5) is 30.7. The molecule has 1 aliphatic heterocycles. The van der Waals surface area contributed by atoms with E-state index in [0.29, 0.717) is 42.7 Å². The molecule has 0 saturated carbocycles. The SMILES string of the molecule is CC(C)CN1N=C(C(C)(C)C)Cn2c1nc1c2c(=O)n(CC(C)C)c(=O)n1C. The Morgan fingerprint density at radius 3 is 2.18 bits per heavy atom. The van der Waals surface area contributed by atoms with Crippen LogP contribution in [0.4, 0.5) is 5.95 Å². The number of anilines is 1. The highest BCUT2D eigenvalue weighted by Crippen LogP contribution is 2.29. The van der Waals surface area contributed by atoms with Gasteiger partial charge in [-0.3, -0.25) is 18.5 Å². The van der Waals surface area contributed by atoms with Crippen LogP contribution in [-0.2, 0) is 20.1 Å². The van der Waals surface area contributed by atoms with E-state index in [4.69, 9.17) is 5.10 Å². The molecule has 0 N–H and O–H groups in total. The Hall–Kier alpha value is -2.38. The van der Waals surface area contributed by atoms with E-state index in [0.717, 1.165) is 5.71 Å². The molecule has 8 nitrogen and oxygen atoms in total. The van der Waals surface area contributed by atoms with Crippen LogP contribution in [0.5, 0.6) is 0 Å². The largest absolute Gasteiger partial charge is 0.332 e. The molecule has 8 heteroatoms. The summed E-state index contributed by atoms with van der Waals surface area (Å²) >= 11 is 0. The van der Waals surface area contributed by atoms with Crippen molar-refractivity contribution in [2.45, 2.75) is 61.6 Å². The van der Waals surface area contributed by atoms with E-state index in [1.807, 2.05) is 23.4 Å². The number of aryl methyl sites for hydroxylation is 1. The first kappa shape index (κ1) is 20.4.